The Hall–Kier alpha value is -3.28. The molecule has 0 saturated carbocycles. The summed E-state index contributed by atoms with van der Waals surface area (Å²) >= 11 is 0. The molecule has 0 bridgehead atoms. The lowest BCUT2D eigenvalue weighted by molar-refractivity contribution is -0.143. The van der Waals surface area contributed by atoms with Gasteiger partial charge < -0.3 is 10.1 Å². The predicted molar refractivity (Wildman–Crippen MR) is 107 cm³/mol. The molecule has 2 aromatic carbocycles. The zero-order chi connectivity index (χ0) is 20.1. The van der Waals surface area contributed by atoms with E-state index in [1.54, 1.807) is 6.92 Å². The molecule has 0 unspecified atom stereocenters. The topological polar surface area (TPSA) is 85.4 Å². The summed E-state index contributed by atoms with van der Waals surface area (Å²) < 4.78 is 4.81. The molecule has 3 rings (SSSR count). The molecule has 1 heterocycles. The van der Waals surface area contributed by atoms with Crippen LogP contribution in [0.15, 0.2) is 48.5 Å². The van der Waals surface area contributed by atoms with Crippen LogP contribution < -0.4 is 5.32 Å². The van der Waals surface area contributed by atoms with Crippen molar-refractivity contribution < 1.29 is 19.1 Å². The molecule has 0 aliphatic carbocycles. The summed E-state index contributed by atoms with van der Waals surface area (Å²) in [6, 6.07) is 13.9. The van der Waals surface area contributed by atoms with Crippen molar-refractivity contribution in [3.05, 3.63) is 54.1 Å². The molecule has 0 spiro atoms. The molecule has 0 fully saturated rings. The number of nitrogens with zero attached hydrogens (tertiary/aromatic N) is 1. The van der Waals surface area contributed by atoms with Gasteiger partial charge in [0.15, 0.2) is 0 Å². The number of aromatic nitrogens is 1. The number of rotatable bonds is 7. The van der Waals surface area contributed by atoms with E-state index < -0.39 is 17.9 Å². The smallest absolute Gasteiger partial charge is 0.328 e. The van der Waals surface area contributed by atoms with Crippen LogP contribution >= 0.6 is 0 Å². The van der Waals surface area contributed by atoms with Crippen molar-refractivity contribution in [1.29, 1.82) is 0 Å². The van der Waals surface area contributed by atoms with Crippen LogP contribution in [0.3, 0.4) is 0 Å². The number of carbonyl (C=O) groups excluding carboxylic acids is 3. The number of nitrogens with one attached hydrogen (secondary N) is 1. The van der Waals surface area contributed by atoms with Crippen LogP contribution in [0.25, 0.3) is 21.8 Å². The maximum Gasteiger partial charge on any atom is 0.328 e. The third-order valence-corrected chi connectivity index (χ3v) is 4.71. The van der Waals surface area contributed by atoms with Crippen molar-refractivity contribution >= 4 is 39.5 Å². The Morgan fingerprint density at radius 2 is 1.57 bits per heavy atom. The molecule has 0 aliphatic rings. The van der Waals surface area contributed by atoms with E-state index in [2.05, 4.69) is 10.3 Å². The van der Waals surface area contributed by atoms with Crippen LogP contribution in [0.2, 0.25) is 0 Å². The van der Waals surface area contributed by atoms with Crippen molar-refractivity contribution in [2.45, 2.75) is 32.2 Å². The average molecular weight is 378 g/mol. The maximum absolute atomic E-state index is 13.2. The van der Waals surface area contributed by atoms with Gasteiger partial charge in [-0.05, 0) is 18.6 Å². The first-order valence-corrected chi connectivity index (χ1v) is 9.23. The van der Waals surface area contributed by atoms with Crippen molar-refractivity contribution in [2.24, 2.45) is 0 Å². The number of carbonyl (C=O) groups is 3. The molecular formula is C22H22N2O4. The van der Waals surface area contributed by atoms with Gasteiger partial charge in [-0.25, -0.2) is 9.78 Å². The molecule has 1 amide bonds. The first kappa shape index (κ1) is 19.5. The van der Waals surface area contributed by atoms with Gasteiger partial charge in [0.2, 0.25) is 0 Å². The van der Waals surface area contributed by atoms with Crippen LogP contribution in [0.5, 0.6) is 0 Å². The fraction of sp³-hybridized carbons (Fsp3) is 0.273. The molecule has 3 aromatic rings. The van der Waals surface area contributed by atoms with Gasteiger partial charge in [-0.2, -0.15) is 0 Å². The van der Waals surface area contributed by atoms with Crippen LogP contribution in [0.1, 0.15) is 36.5 Å². The zero-order valence-electron chi connectivity index (χ0n) is 15.9. The molecule has 6 nitrogen and oxygen atoms in total. The van der Waals surface area contributed by atoms with E-state index in [9.17, 15) is 14.4 Å². The summed E-state index contributed by atoms with van der Waals surface area (Å²) in [5.41, 5.74) is 1.85. The highest BCUT2D eigenvalue weighted by Gasteiger charge is 2.25. The first-order valence-electron chi connectivity index (χ1n) is 9.23. The minimum Gasteiger partial charge on any atom is -0.467 e. The van der Waals surface area contributed by atoms with Gasteiger partial charge in [0, 0.05) is 23.6 Å². The summed E-state index contributed by atoms with van der Waals surface area (Å²) in [7, 11) is 1.26. The third-order valence-electron chi connectivity index (χ3n) is 4.71. The molecular weight excluding hydrogens is 356 g/mol. The predicted octanol–water partition coefficient (Wildman–Crippen LogP) is 3.42. The molecule has 6 heteroatoms. The van der Waals surface area contributed by atoms with Gasteiger partial charge in [-0.3, -0.25) is 9.59 Å². The largest absolute Gasteiger partial charge is 0.467 e. The van der Waals surface area contributed by atoms with Crippen LogP contribution in [0, 0.1) is 0 Å². The van der Waals surface area contributed by atoms with Gasteiger partial charge in [0.25, 0.3) is 5.91 Å². The number of ether oxygens (including phenoxy) is 1. The number of pyridine rings is 1. The quantitative estimate of drug-likeness (QED) is 0.503. The number of esters is 1. The SMILES string of the molecule is CCC(=O)CC[C@@H](NC(=O)c1c2ccccc2nc2ccccc12)C(=O)OC. The highest BCUT2D eigenvalue weighted by atomic mass is 16.5. The normalized spacial score (nSPS) is 11.9. The first-order chi connectivity index (χ1) is 13.5. The van der Waals surface area contributed by atoms with E-state index >= 15 is 0 Å². The number of amides is 1. The Balaban J connectivity index is 2.00. The summed E-state index contributed by atoms with van der Waals surface area (Å²) in [6.45, 7) is 1.77. The fourth-order valence-corrected chi connectivity index (χ4v) is 3.19. The van der Waals surface area contributed by atoms with E-state index in [-0.39, 0.29) is 18.6 Å². The van der Waals surface area contributed by atoms with E-state index in [0.717, 1.165) is 0 Å². The lowest BCUT2D eigenvalue weighted by Gasteiger charge is -2.18. The van der Waals surface area contributed by atoms with Gasteiger partial charge in [0.1, 0.15) is 11.8 Å². The Morgan fingerprint density at radius 1 is 1.00 bits per heavy atom. The van der Waals surface area contributed by atoms with Crippen molar-refractivity contribution in [3.8, 4) is 0 Å². The Labute approximate surface area is 162 Å². The standard InChI is InChI=1S/C22H22N2O4/c1-3-14(25)12-13-19(22(27)28-2)24-21(26)20-15-8-4-6-10-17(15)23-18-11-7-5-9-16(18)20/h4-11,19H,3,12-13H2,1-2H3,(H,24,26)/t19-/m1/s1. The minimum absolute atomic E-state index is 0.0305. The molecule has 144 valence electrons. The second kappa shape index (κ2) is 8.61. The van der Waals surface area contributed by atoms with Crippen molar-refractivity contribution in [2.75, 3.05) is 7.11 Å². The number of Topliss-reactive ketones (excluding diaryl/α,β-unsaturated/α-hetero) is 1. The van der Waals surface area contributed by atoms with E-state index in [1.165, 1.54) is 7.11 Å². The van der Waals surface area contributed by atoms with Crippen LogP contribution in [0.4, 0.5) is 0 Å². The summed E-state index contributed by atoms with van der Waals surface area (Å²) in [4.78, 5) is 41.6. The van der Waals surface area contributed by atoms with E-state index in [1.807, 2.05) is 48.5 Å². The third kappa shape index (κ3) is 4.01. The van der Waals surface area contributed by atoms with Crippen molar-refractivity contribution in [3.63, 3.8) is 0 Å². The monoisotopic (exact) mass is 378 g/mol. The second-order valence-corrected chi connectivity index (χ2v) is 6.50. The maximum atomic E-state index is 13.2. The highest BCUT2D eigenvalue weighted by molar-refractivity contribution is 6.16. The highest BCUT2D eigenvalue weighted by Crippen LogP contribution is 2.26. The van der Waals surface area contributed by atoms with E-state index in [4.69, 9.17) is 4.74 Å². The van der Waals surface area contributed by atoms with Gasteiger partial charge in [-0.15, -0.1) is 0 Å². The Kier molecular flexibility index (Phi) is 5.99. The zero-order valence-corrected chi connectivity index (χ0v) is 15.9. The van der Waals surface area contributed by atoms with Gasteiger partial charge >= 0.3 is 5.97 Å². The minimum atomic E-state index is -0.890. The number of methoxy groups -OCH3 is 1. The number of para-hydroxylation sites is 2. The molecule has 1 aromatic heterocycles. The summed E-state index contributed by atoms with van der Waals surface area (Å²) in [5.74, 6) is -0.933. The Morgan fingerprint density at radius 3 is 2.11 bits per heavy atom. The fourth-order valence-electron chi connectivity index (χ4n) is 3.19. The van der Waals surface area contributed by atoms with Crippen LogP contribution in [-0.4, -0.2) is 35.8 Å². The summed E-state index contributed by atoms with van der Waals surface area (Å²) in [5, 5.41) is 4.16. The number of benzene rings is 2. The lowest BCUT2D eigenvalue weighted by atomic mass is 10.0. The molecule has 0 saturated heterocycles. The average Bonchev–Trinajstić information content (AvgIpc) is 2.73. The number of hydrogen-bond acceptors (Lipinski definition) is 5. The molecule has 0 aliphatic heterocycles. The van der Waals surface area contributed by atoms with E-state index in [0.29, 0.717) is 33.8 Å². The van der Waals surface area contributed by atoms with Crippen molar-refractivity contribution in [1.82, 2.24) is 10.3 Å². The van der Waals surface area contributed by atoms with Crippen LogP contribution in [-0.2, 0) is 14.3 Å². The van der Waals surface area contributed by atoms with Gasteiger partial charge in [0.05, 0.1) is 23.7 Å². The number of ketones is 1. The molecule has 1 atom stereocenters. The summed E-state index contributed by atoms with van der Waals surface area (Å²) in [6.07, 6.45) is 0.794. The molecule has 1 N–H and O–H groups in total. The number of hydrogen-bond donors (Lipinski definition) is 1. The number of fused-ring (bicyclic) bond motifs is 2. The lowest BCUT2D eigenvalue weighted by Crippen LogP contribution is -2.42. The molecule has 0 radical (unpaired) electrons. The van der Waals surface area contributed by atoms with Gasteiger partial charge in [-0.1, -0.05) is 43.3 Å². The second-order valence-electron chi connectivity index (χ2n) is 6.50. The molecule has 28 heavy (non-hydrogen) atoms. The Bertz CT molecular complexity index is 991.